The van der Waals surface area contributed by atoms with E-state index in [2.05, 4.69) is 10.8 Å². The Morgan fingerprint density at radius 2 is 2.56 bits per heavy atom. The van der Waals surface area contributed by atoms with Gasteiger partial charge in [0.05, 0.1) is 18.8 Å². The van der Waals surface area contributed by atoms with Gasteiger partial charge in [0.1, 0.15) is 0 Å². The molecule has 0 unspecified atom stereocenters. The van der Waals surface area contributed by atoms with E-state index < -0.39 is 0 Å². The minimum atomic E-state index is 0.904. The number of aryl methyl sites for hydroxylation is 1. The Hall–Kier alpha value is -0.830. The van der Waals surface area contributed by atoms with Gasteiger partial charge in [0.15, 0.2) is 0 Å². The van der Waals surface area contributed by atoms with Gasteiger partial charge in [-0.3, -0.25) is 4.68 Å². The molecule has 3 N–H and O–H groups in total. The molecular weight excluding hydrogens is 114 g/mol. The lowest BCUT2D eigenvalue weighted by atomic mass is 10.5. The van der Waals surface area contributed by atoms with Crippen molar-refractivity contribution in [3.8, 4) is 0 Å². The van der Waals surface area contributed by atoms with Crippen molar-refractivity contribution >= 4 is 0 Å². The van der Waals surface area contributed by atoms with Gasteiger partial charge in [0.2, 0.25) is 0 Å². The molecule has 1 aromatic rings. The lowest BCUT2D eigenvalue weighted by Gasteiger charge is -1.92. The van der Waals surface area contributed by atoms with Crippen molar-refractivity contribution in [2.45, 2.75) is 13.5 Å². The largest absolute Gasteiger partial charge is 0.356 e. The highest BCUT2D eigenvalue weighted by Gasteiger charge is 1.90. The van der Waals surface area contributed by atoms with Crippen LogP contribution in [0.1, 0.15) is 5.69 Å². The third-order valence-electron chi connectivity index (χ3n) is 1.16. The fourth-order valence-electron chi connectivity index (χ4n) is 0.750. The summed E-state index contributed by atoms with van der Waals surface area (Å²) < 4.78 is 1.91. The van der Waals surface area contributed by atoms with E-state index in [1.54, 1.807) is 0 Å². The summed E-state index contributed by atoms with van der Waals surface area (Å²) in [7, 11) is 0. The van der Waals surface area contributed by atoms with Gasteiger partial charge < -0.3 is 5.73 Å². The molecule has 50 valence electrons. The summed E-state index contributed by atoms with van der Waals surface area (Å²) in [6.45, 7) is 3.81. The van der Waals surface area contributed by atoms with Crippen molar-refractivity contribution in [3.05, 3.63) is 18.0 Å². The first-order valence-electron chi connectivity index (χ1n) is 3.12. The summed E-state index contributed by atoms with van der Waals surface area (Å²) in [5.41, 5.74) is 4.80. The maximum absolute atomic E-state index is 4.18. The van der Waals surface area contributed by atoms with E-state index in [0.29, 0.717) is 0 Å². The molecule has 0 atom stereocenters. The third-order valence-corrected chi connectivity index (χ3v) is 1.16. The monoisotopic (exact) mass is 126 g/mol. The Balaban J connectivity index is 2.61. The second-order valence-corrected chi connectivity index (χ2v) is 2.07. The van der Waals surface area contributed by atoms with Crippen LogP contribution in [0.15, 0.2) is 12.3 Å². The highest BCUT2D eigenvalue weighted by Crippen LogP contribution is 1.90. The van der Waals surface area contributed by atoms with Crippen LogP contribution in [0.25, 0.3) is 0 Å². The molecule has 0 radical (unpaired) electrons. The molecule has 1 rings (SSSR count). The van der Waals surface area contributed by atoms with Crippen molar-refractivity contribution in [2.75, 3.05) is 6.54 Å². The first kappa shape index (κ1) is 6.29. The molecule has 9 heavy (non-hydrogen) atoms. The van der Waals surface area contributed by atoms with E-state index in [9.17, 15) is 0 Å². The molecule has 0 saturated carbocycles. The molecule has 1 heterocycles. The van der Waals surface area contributed by atoms with Crippen LogP contribution in [0.5, 0.6) is 0 Å². The summed E-state index contributed by atoms with van der Waals surface area (Å²) in [4.78, 5) is 0. The van der Waals surface area contributed by atoms with Crippen molar-refractivity contribution in [2.24, 2.45) is 0 Å². The molecule has 3 heteroatoms. The minimum absolute atomic E-state index is 0.904. The van der Waals surface area contributed by atoms with E-state index in [1.165, 1.54) is 0 Å². The first-order chi connectivity index (χ1) is 4.33. The Morgan fingerprint density at radius 3 is 3.00 bits per heavy atom. The third kappa shape index (κ3) is 1.54. The number of aromatic nitrogens is 2. The zero-order valence-electron chi connectivity index (χ0n) is 5.67. The average molecular weight is 126 g/mol. The topological polar surface area (TPSA) is 45.5 Å². The van der Waals surface area contributed by atoms with Crippen LogP contribution in [-0.2, 0) is 6.54 Å². The summed E-state index contributed by atoms with van der Waals surface area (Å²) in [5.74, 6) is 0. The van der Waals surface area contributed by atoms with E-state index in [4.69, 9.17) is 0 Å². The molecule has 1 aromatic heterocycles. The fourth-order valence-corrected chi connectivity index (χ4v) is 0.750. The van der Waals surface area contributed by atoms with Crippen LogP contribution in [0, 0.1) is 6.92 Å². The molecule has 0 amide bonds. The van der Waals surface area contributed by atoms with Crippen LogP contribution in [0.2, 0.25) is 0 Å². The second-order valence-electron chi connectivity index (χ2n) is 2.07. The van der Waals surface area contributed by atoms with E-state index in [0.717, 1.165) is 18.8 Å². The lowest BCUT2D eigenvalue weighted by molar-refractivity contribution is -0.370. The molecule has 0 aliphatic carbocycles. The van der Waals surface area contributed by atoms with Crippen molar-refractivity contribution in [1.82, 2.24) is 9.78 Å². The van der Waals surface area contributed by atoms with Crippen molar-refractivity contribution in [3.63, 3.8) is 0 Å². The highest BCUT2D eigenvalue weighted by molar-refractivity contribution is 4.94. The molecular formula is C6H12N3+. The number of hydrogen-bond donors (Lipinski definition) is 1. The normalized spacial score (nSPS) is 10.0. The van der Waals surface area contributed by atoms with Crippen molar-refractivity contribution in [1.29, 1.82) is 0 Å². The number of hydrogen-bond acceptors (Lipinski definition) is 1. The van der Waals surface area contributed by atoms with Gasteiger partial charge in [-0.2, -0.15) is 5.10 Å². The zero-order chi connectivity index (χ0) is 6.69. The maximum atomic E-state index is 4.18. The lowest BCUT2D eigenvalue weighted by Crippen LogP contribution is -2.52. The van der Waals surface area contributed by atoms with E-state index in [-0.39, 0.29) is 0 Å². The van der Waals surface area contributed by atoms with Crippen LogP contribution in [0.4, 0.5) is 0 Å². The predicted octanol–water partition coefficient (Wildman–Crippen LogP) is -0.567. The van der Waals surface area contributed by atoms with Gasteiger partial charge in [0.25, 0.3) is 0 Å². The number of rotatable bonds is 2. The Bertz CT molecular complexity index is 180. The van der Waals surface area contributed by atoms with Crippen LogP contribution >= 0.6 is 0 Å². The van der Waals surface area contributed by atoms with Gasteiger partial charge in [-0.1, -0.05) is 0 Å². The molecule has 3 nitrogen and oxygen atoms in total. The molecule has 0 aliphatic heterocycles. The smallest absolute Gasteiger partial charge is 0.0939 e. The van der Waals surface area contributed by atoms with Gasteiger partial charge in [-0.25, -0.2) is 0 Å². The van der Waals surface area contributed by atoms with E-state index >= 15 is 0 Å². The van der Waals surface area contributed by atoms with Gasteiger partial charge >= 0.3 is 0 Å². The fraction of sp³-hybridized carbons (Fsp3) is 0.500. The summed E-state index contributed by atoms with van der Waals surface area (Å²) in [5, 5.41) is 4.18. The van der Waals surface area contributed by atoms with Crippen molar-refractivity contribution < 1.29 is 5.73 Å². The Morgan fingerprint density at radius 1 is 1.78 bits per heavy atom. The molecule has 0 aliphatic rings. The molecule has 0 fully saturated rings. The van der Waals surface area contributed by atoms with Crippen LogP contribution < -0.4 is 5.73 Å². The number of nitrogens with zero attached hydrogens (tertiary/aromatic N) is 2. The van der Waals surface area contributed by atoms with E-state index in [1.807, 2.05) is 23.9 Å². The van der Waals surface area contributed by atoms with Gasteiger partial charge in [0, 0.05) is 6.20 Å². The Labute approximate surface area is 54.5 Å². The predicted molar refractivity (Wildman–Crippen MR) is 34.7 cm³/mol. The SMILES string of the molecule is Cc1ccn(CC[NH3+])n1. The molecule has 0 spiro atoms. The highest BCUT2D eigenvalue weighted by atomic mass is 15.3. The number of quaternary nitrogens is 1. The summed E-state index contributed by atoms with van der Waals surface area (Å²) >= 11 is 0. The molecule has 0 saturated heterocycles. The maximum Gasteiger partial charge on any atom is 0.0939 e. The minimum Gasteiger partial charge on any atom is -0.356 e. The Kier molecular flexibility index (Phi) is 1.85. The summed E-state index contributed by atoms with van der Waals surface area (Å²) in [6, 6.07) is 2.00. The standard InChI is InChI=1S/C6H11N3/c1-6-2-4-9(8-6)5-3-7/h2,4H,3,5,7H2,1H3/p+1. The first-order valence-corrected chi connectivity index (χ1v) is 3.12. The van der Waals surface area contributed by atoms with Crippen LogP contribution in [0.3, 0.4) is 0 Å². The van der Waals surface area contributed by atoms with Crippen LogP contribution in [-0.4, -0.2) is 16.3 Å². The quantitative estimate of drug-likeness (QED) is 0.567. The van der Waals surface area contributed by atoms with Gasteiger partial charge in [-0.15, -0.1) is 0 Å². The van der Waals surface area contributed by atoms with Gasteiger partial charge in [-0.05, 0) is 13.0 Å². The molecule has 0 aromatic carbocycles. The summed E-state index contributed by atoms with van der Waals surface area (Å²) in [6.07, 6.45) is 1.97. The zero-order valence-corrected chi connectivity index (χ0v) is 5.67. The molecule has 0 bridgehead atoms. The average Bonchev–Trinajstić information content (AvgIpc) is 2.17. The second kappa shape index (κ2) is 2.64.